The quantitative estimate of drug-likeness (QED) is 0.475. The molecule has 0 bridgehead atoms. The highest BCUT2D eigenvalue weighted by molar-refractivity contribution is 9.09. The van der Waals surface area contributed by atoms with Crippen LogP contribution in [0.4, 0.5) is 0 Å². The number of rotatable bonds is 0. The van der Waals surface area contributed by atoms with E-state index in [-0.39, 0.29) is 4.95 Å². The summed E-state index contributed by atoms with van der Waals surface area (Å²) in [5, 5.41) is 5.87. The van der Waals surface area contributed by atoms with Crippen LogP contribution in [0, 0.1) is 0 Å². The number of hydrogen-bond donors (Lipinski definition) is 1. The van der Waals surface area contributed by atoms with Crippen LogP contribution in [0.25, 0.3) is 0 Å². The van der Waals surface area contributed by atoms with E-state index in [1.807, 2.05) is 11.1 Å². The maximum Gasteiger partial charge on any atom is 0.150 e. The van der Waals surface area contributed by atoms with E-state index < -0.39 is 0 Å². The highest BCUT2D eigenvalue weighted by atomic mass is 79.9. The molecule has 0 radical (unpaired) electrons. The summed E-state index contributed by atoms with van der Waals surface area (Å²) in [4.78, 5) is 4.12. The van der Waals surface area contributed by atoms with Gasteiger partial charge in [-0.2, -0.15) is 5.10 Å². The van der Waals surface area contributed by atoms with Crippen LogP contribution < -0.4 is 5.73 Å². The number of fused-ring (bicyclic) bond motifs is 1. The molecule has 0 aromatic rings. The van der Waals surface area contributed by atoms with Gasteiger partial charge in [-0.05, 0) is 0 Å². The Morgan fingerprint density at radius 1 is 1.73 bits per heavy atom. The predicted octanol–water partition coefficient (Wildman–Crippen LogP) is 0.611. The zero-order valence-electron chi connectivity index (χ0n) is 5.74. The van der Waals surface area contributed by atoms with Gasteiger partial charge in [0.2, 0.25) is 0 Å². The van der Waals surface area contributed by atoms with Crippen molar-refractivity contribution in [2.75, 3.05) is 0 Å². The Labute approximate surface area is 72.6 Å². The minimum absolute atomic E-state index is 0.239. The summed E-state index contributed by atoms with van der Waals surface area (Å²) in [6.45, 7) is 0. The molecule has 0 aliphatic carbocycles. The average Bonchev–Trinajstić information content (AvgIpc) is 2.35. The van der Waals surface area contributed by atoms with E-state index in [1.54, 1.807) is 0 Å². The zero-order valence-corrected chi connectivity index (χ0v) is 7.32. The molecule has 0 fully saturated rings. The van der Waals surface area contributed by atoms with Crippen molar-refractivity contribution in [3.63, 3.8) is 0 Å². The van der Waals surface area contributed by atoms with Crippen LogP contribution >= 0.6 is 15.9 Å². The maximum absolute atomic E-state index is 5.61. The monoisotopic (exact) mass is 214 g/mol. The second kappa shape index (κ2) is 2.34. The molecule has 0 amide bonds. The highest BCUT2D eigenvalue weighted by Gasteiger charge is 2.26. The molecule has 1 atom stereocenters. The first-order valence-corrected chi connectivity index (χ1v) is 4.20. The van der Waals surface area contributed by atoms with Gasteiger partial charge >= 0.3 is 0 Å². The third-order valence-electron chi connectivity index (χ3n) is 1.65. The van der Waals surface area contributed by atoms with Crippen LogP contribution in [0.3, 0.4) is 0 Å². The lowest BCUT2D eigenvalue weighted by Gasteiger charge is -2.21. The largest absolute Gasteiger partial charge is 0.382 e. The van der Waals surface area contributed by atoms with E-state index >= 15 is 0 Å². The van der Waals surface area contributed by atoms with E-state index in [9.17, 15) is 0 Å². The average molecular weight is 215 g/mol. The topological polar surface area (TPSA) is 54.0 Å². The molecule has 5 heteroatoms. The fourth-order valence-corrected chi connectivity index (χ4v) is 1.63. The minimum Gasteiger partial charge on any atom is -0.382 e. The number of hydrogen-bond acceptors (Lipinski definition) is 4. The highest BCUT2D eigenvalue weighted by Crippen LogP contribution is 2.27. The molecule has 2 aliphatic rings. The molecule has 2 aliphatic heterocycles. The number of nitrogens with zero attached hydrogens (tertiary/aromatic N) is 3. The van der Waals surface area contributed by atoms with Crippen molar-refractivity contribution < 1.29 is 0 Å². The molecule has 58 valence electrons. The SMILES string of the molecule is NC1=NC=NN2C1=CCC2Br. The third kappa shape index (κ3) is 0.956. The van der Waals surface area contributed by atoms with E-state index in [1.165, 1.54) is 6.34 Å². The summed E-state index contributed by atoms with van der Waals surface area (Å²) in [5.74, 6) is 0.543. The molecule has 0 saturated heterocycles. The van der Waals surface area contributed by atoms with Gasteiger partial charge in [0.25, 0.3) is 0 Å². The zero-order chi connectivity index (χ0) is 7.84. The first-order chi connectivity index (χ1) is 5.29. The molecule has 0 aromatic heterocycles. The Bertz CT molecular complexity index is 268. The van der Waals surface area contributed by atoms with Gasteiger partial charge in [-0.1, -0.05) is 22.0 Å². The molecular weight excluding hydrogens is 208 g/mol. The fourth-order valence-electron chi connectivity index (χ4n) is 1.12. The van der Waals surface area contributed by atoms with Crippen LogP contribution in [0.1, 0.15) is 6.42 Å². The van der Waals surface area contributed by atoms with Crippen LogP contribution in [-0.4, -0.2) is 22.1 Å². The molecule has 0 saturated carbocycles. The van der Waals surface area contributed by atoms with E-state index in [4.69, 9.17) is 5.73 Å². The maximum atomic E-state index is 5.61. The Balaban J connectivity index is 2.35. The van der Waals surface area contributed by atoms with Gasteiger partial charge in [0, 0.05) is 6.42 Å². The molecule has 1 unspecified atom stereocenters. The van der Waals surface area contributed by atoms with Crippen LogP contribution in [-0.2, 0) is 0 Å². The molecule has 4 nitrogen and oxygen atoms in total. The van der Waals surface area contributed by atoms with Gasteiger partial charge in [0.1, 0.15) is 11.3 Å². The number of aliphatic imine (C=N–C) groups is 1. The lowest BCUT2D eigenvalue weighted by atomic mass is 10.4. The van der Waals surface area contributed by atoms with Gasteiger partial charge < -0.3 is 5.73 Å². The Kier molecular flexibility index (Phi) is 1.45. The van der Waals surface area contributed by atoms with Crippen LogP contribution in [0.5, 0.6) is 0 Å². The van der Waals surface area contributed by atoms with Gasteiger partial charge in [-0.15, -0.1) is 0 Å². The van der Waals surface area contributed by atoms with Crippen molar-refractivity contribution in [1.29, 1.82) is 0 Å². The van der Waals surface area contributed by atoms with Crippen molar-refractivity contribution in [3.8, 4) is 0 Å². The number of alkyl halides is 1. The van der Waals surface area contributed by atoms with E-state index in [2.05, 4.69) is 26.0 Å². The van der Waals surface area contributed by atoms with E-state index in [0.29, 0.717) is 5.84 Å². The molecule has 2 heterocycles. The minimum atomic E-state index is 0.239. The van der Waals surface area contributed by atoms with Gasteiger partial charge in [-0.25, -0.2) is 10.0 Å². The van der Waals surface area contributed by atoms with Crippen molar-refractivity contribution in [3.05, 3.63) is 11.8 Å². The lowest BCUT2D eigenvalue weighted by Crippen LogP contribution is -2.30. The lowest BCUT2D eigenvalue weighted by molar-refractivity contribution is 0.391. The molecule has 0 spiro atoms. The predicted molar refractivity (Wildman–Crippen MR) is 47.4 cm³/mol. The van der Waals surface area contributed by atoms with Crippen LogP contribution in [0.15, 0.2) is 21.9 Å². The molecular formula is C6H7BrN4. The second-order valence-electron chi connectivity index (χ2n) is 2.35. The van der Waals surface area contributed by atoms with Crippen molar-refractivity contribution >= 4 is 28.1 Å². The molecule has 0 aromatic carbocycles. The first kappa shape index (κ1) is 6.84. The van der Waals surface area contributed by atoms with E-state index in [0.717, 1.165) is 12.1 Å². The smallest absolute Gasteiger partial charge is 0.150 e. The molecule has 11 heavy (non-hydrogen) atoms. The van der Waals surface area contributed by atoms with Crippen LogP contribution in [0.2, 0.25) is 0 Å². The summed E-state index contributed by atoms with van der Waals surface area (Å²) in [5.41, 5.74) is 6.52. The Morgan fingerprint density at radius 3 is 3.27 bits per heavy atom. The Hall–Kier alpha value is -0.840. The summed E-state index contributed by atoms with van der Waals surface area (Å²) < 4.78 is 0. The summed E-state index contributed by atoms with van der Waals surface area (Å²) >= 11 is 3.46. The third-order valence-corrected chi connectivity index (χ3v) is 2.41. The second-order valence-corrected chi connectivity index (χ2v) is 3.41. The number of nitrogens with two attached hydrogens (primary N) is 1. The number of halogens is 1. The normalized spacial score (nSPS) is 28.1. The summed E-state index contributed by atoms with van der Waals surface area (Å²) in [6.07, 6.45) is 4.41. The standard InChI is InChI=1S/C6H7BrN4/c7-5-2-1-4-6(8)9-3-10-11(4)5/h1,3,5H,2H2,(H2,8,9,10). The van der Waals surface area contributed by atoms with Gasteiger partial charge in [0.05, 0.1) is 5.70 Å². The van der Waals surface area contributed by atoms with Gasteiger partial charge in [0.15, 0.2) is 5.84 Å². The molecule has 2 rings (SSSR count). The van der Waals surface area contributed by atoms with Crippen molar-refractivity contribution in [1.82, 2.24) is 5.01 Å². The summed E-state index contributed by atoms with van der Waals surface area (Å²) in [6, 6.07) is 0. The van der Waals surface area contributed by atoms with Crippen molar-refractivity contribution in [2.24, 2.45) is 15.8 Å². The van der Waals surface area contributed by atoms with Crippen molar-refractivity contribution in [2.45, 2.75) is 11.4 Å². The number of hydrazone groups is 1. The molecule has 2 N–H and O–H groups in total. The Morgan fingerprint density at radius 2 is 2.55 bits per heavy atom. The number of amidine groups is 1. The van der Waals surface area contributed by atoms with Gasteiger partial charge in [-0.3, -0.25) is 0 Å². The first-order valence-electron chi connectivity index (χ1n) is 3.28. The fraction of sp³-hybridized carbons (Fsp3) is 0.333. The summed E-state index contributed by atoms with van der Waals surface area (Å²) in [7, 11) is 0.